The molecule has 5 heteroatoms. The molecule has 0 saturated carbocycles. The predicted molar refractivity (Wildman–Crippen MR) is 64.6 cm³/mol. The molecule has 2 aromatic heterocycles. The molecule has 2 aromatic rings. The van der Waals surface area contributed by atoms with Crippen LogP contribution in [0.4, 0.5) is 0 Å². The zero-order chi connectivity index (χ0) is 12.3. The smallest absolute Gasteiger partial charge is 0.138 e. The van der Waals surface area contributed by atoms with E-state index >= 15 is 0 Å². The maximum Gasteiger partial charge on any atom is 0.138 e. The summed E-state index contributed by atoms with van der Waals surface area (Å²) in [5.41, 5.74) is 1.16. The molecule has 0 aliphatic heterocycles. The van der Waals surface area contributed by atoms with Crippen LogP contribution in [-0.4, -0.2) is 21.3 Å². The van der Waals surface area contributed by atoms with Crippen LogP contribution < -0.4 is 5.32 Å². The van der Waals surface area contributed by atoms with Gasteiger partial charge in [0.25, 0.3) is 0 Å². The van der Waals surface area contributed by atoms with Gasteiger partial charge in [0.2, 0.25) is 0 Å². The van der Waals surface area contributed by atoms with E-state index in [4.69, 9.17) is 4.42 Å². The van der Waals surface area contributed by atoms with Gasteiger partial charge in [-0.3, -0.25) is 4.68 Å². The van der Waals surface area contributed by atoms with Crippen molar-refractivity contribution in [2.75, 3.05) is 6.54 Å². The average molecular weight is 234 g/mol. The maximum atomic E-state index is 5.36. The topological polar surface area (TPSA) is 55.9 Å². The van der Waals surface area contributed by atoms with Gasteiger partial charge >= 0.3 is 0 Å². The molecule has 1 unspecified atom stereocenters. The Labute approximate surface area is 101 Å². The van der Waals surface area contributed by atoms with Crippen LogP contribution in [0.2, 0.25) is 0 Å². The second-order valence-corrected chi connectivity index (χ2v) is 4.10. The van der Waals surface area contributed by atoms with E-state index in [2.05, 4.69) is 28.4 Å². The number of rotatable bonds is 5. The third-order valence-corrected chi connectivity index (χ3v) is 2.80. The molecule has 2 rings (SSSR count). The molecule has 0 bridgehead atoms. The van der Waals surface area contributed by atoms with E-state index in [-0.39, 0.29) is 6.04 Å². The van der Waals surface area contributed by atoms with Gasteiger partial charge in [-0.05, 0) is 19.5 Å². The molecule has 2 heterocycles. The summed E-state index contributed by atoms with van der Waals surface area (Å²) in [4.78, 5) is 4.25. The highest BCUT2D eigenvalue weighted by Gasteiger charge is 2.15. The number of hydrogen-bond donors (Lipinski definition) is 1. The molecule has 92 valence electrons. The Bertz CT molecular complexity index is 474. The van der Waals surface area contributed by atoms with Gasteiger partial charge in [0.15, 0.2) is 0 Å². The van der Waals surface area contributed by atoms with Crippen molar-refractivity contribution >= 4 is 0 Å². The normalized spacial score (nSPS) is 12.9. The largest absolute Gasteiger partial charge is 0.469 e. The van der Waals surface area contributed by atoms with E-state index < -0.39 is 0 Å². The van der Waals surface area contributed by atoms with Gasteiger partial charge < -0.3 is 9.73 Å². The SMILES string of the molecule is CCNC(Cc1ncnn1C)c1coc(C)c1. The molecule has 17 heavy (non-hydrogen) atoms. The van der Waals surface area contributed by atoms with Crippen molar-refractivity contribution in [1.82, 2.24) is 20.1 Å². The lowest BCUT2D eigenvalue weighted by Crippen LogP contribution is -2.23. The number of aryl methyl sites for hydroxylation is 2. The molecular formula is C12H18N4O. The molecule has 0 aliphatic rings. The fraction of sp³-hybridized carbons (Fsp3) is 0.500. The Kier molecular flexibility index (Phi) is 3.58. The van der Waals surface area contributed by atoms with Gasteiger partial charge in [-0.15, -0.1) is 0 Å². The van der Waals surface area contributed by atoms with E-state index in [0.717, 1.165) is 30.1 Å². The van der Waals surface area contributed by atoms with Crippen LogP contribution in [0.1, 0.15) is 30.1 Å². The summed E-state index contributed by atoms with van der Waals surface area (Å²) in [6, 6.07) is 2.28. The third-order valence-electron chi connectivity index (χ3n) is 2.80. The fourth-order valence-corrected chi connectivity index (χ4v) is 1.89. The van der Waals surface area contributed by atoms with Crippen LogP contribution in [0.3, 0.4) is 0 Å². The predicted octanol–water partition coefficient (Wildman–Crippen LogP) is 1.61. The Morgan fingerprint density at radius 2 is 2.35 bits per heavy atom. The van der Waals surface area contributed by atoms with Crippen molar-refractivity contribution < 1.29 is 4.42 Å². The highest BCUT2D eigenvalue weighted by Crippen LogP contribution is 2.19. The minimum absolute atomic E-state index is 0.223. The zero-order valence-electron chi connectivity index (χ0n) is 10.5. The summed E-state index contributed by atoms with van der Waals surface area (Å²) in [5, 5.41) is 7.52. The highest BCUT2D eigenvalue weighted by atomic mass is 16.3. The number of likely N-dealkylation sites (N-methyl/N-ethyl adjacent to an activating group) is 1. The first-order valence-electron chi connectivity index (χ1n) is 5.82. The first kappa shape index (κ1) is 11.9. The maximum absolute atomic E-state index is 5.36. The minimum atomic E-state index is 0.223. The van der Waals surface area contributed by atoms with Crippen molar-refractivity contribution in [3.63, 3.8) is 0 Å². The molecule has 5 nitrogen and oxygen atoms in total. The van der Waals surface area contributed by atoms with Crippen molar-refractivity contribution in [3.8, 4) is 0 Å². The molecule has 0 aromatic carbocycles. The second kappa shape index (κ2) is 5.14. The summed E-state index contributed by atoms with van der Waals surface area (Å²) in [6.45, 7) is 4.96. The van der Waals surface area contributed by atoms with Gasteiger partial charge in [0.1, 0.15) is 17.9 Å². The fourth-order valence-electron chi connectivity index (χ4n) is 1.89. The Morgan fingerprint density at radius 3 is 2.88 bits per heavy atom. The first-order chi connectivity index (χ1) is 8.20. The van der Waals surface area contributed by atoms with E-state index in [9.17, 15) is 0 Å². The van der Waals surface area contributed by atoms with Crippen molar-refractivity contribution in [3.05, 3.63) is 35.8 Å². The van der Waals surface area contributed by atoms with E-state index in [1.54, 1.807) is 17.3 Å². The molecular weight excluding hydrogens is 216 g/mol. The first-order valence-corrected chi connectivity index (χ1v) is 5.82. The summed E-state index contributed by atoms with van der Waals surface area (Å²) >= 11 is 0. The van der Waals surface area contributed by atoms with Crippen molar-refractivity contribution in [2.45, 2.75) is 26.3 Å². The lowest BCUT2D eigenvalue weighted by molar-refractivity contribution is 0.500. The molecule has 0 fully saturated rings. The monoisotopic (exact) mass is 234 g/mol. The Morgan fingerprint density at radius 1 is 1.53 bits per heavy atom. The summed E-state index contributed by atoms with van der Waals surface area (Å²) < 4.78 is 7.16. The molecule has 0 aliphatic carbocycles. The molecule has 0 spiro atoms. The molecule has 1 atom stereocenters. The Balaban J connectivity index is 2.15. The molecule has 0 saturated heterocycles. The number of aromatic nitrogens is 3. The van der Waals surface area contributed by atoms with Gasteiger partial charge in [-0.1, -0.05) is 6.92 Å². The number of hydrogen-bond acceptors (Lipinski definition) is 4. The third kappa shape index (κ3) is 2.74. The molecule has 0 radical (unpaired) electrons. The highest BCUT2D eigenvalue weighted by molar-refractivity contribution is 5.17. The van der Waals surface area contributed by atoms with Gasteiger partial charge in [0.05, 0.1) is 6.26 Å². The minimum Gasteiger partial charge on any atom is -0.469 e. The lowest BCUT2D eigenvalue weighted by Gasteiger charge is -2.15. The van der Waals surface area contributed by atoms with Crippen LogP contribution in [-0.2, 0) is 13.5 Å². The molecule has 1 N–H and O–H groups in total. The summed E-state index contributed by atoms with van der Waals surface area (Å²) in [5.74, 6) is 1.90. The van der Waals surface area contributed by atoms with Crippen molar-refractivity contribution in [2.24, 2.45) is 7.05 Å². The van der Waals surface area contributed by atoms with E-state index in [1.165, 1.54) is 0 Å². The summed E-state index contributed by atoms with van der Waals surface area (Å²) in [7, 11) is 1.91. The number of furan rings is 1. The van der Waals surface area contributed by atoms with E-state index in [0.29, 0.717) is 0 Å². The average Bonchev–Trinajstić information content (AvgIpc) is 2.88. The zero-order valence-corrected chi connectivity index (χ0v) is 10.5. The Hall–Kier alpha value is -1.62. The standard InChI is InChI=1S/C12H18N4O/c1-4-13-11(10-5-9(2)17-7-10)6-12-14-8-15-16(12)3/h5,7-8,11,13H,4,6H2,1-3H3. The van der Waals surface area contributed by atoms with Gasteiger partial charge in [0, 0.05) is 25.1 Å². The van der Waals surface area contributed by atoms with Crippen LogP contribution >= 0.6 is 0 Å². The van der Waals surface area contributed by atoms with Crippen LogP contribution in [0.5, 0.6) is 0 Å². The van der Waals surface area contributed by atoms with Crippen LogP contribution in [0, 0.1) is 6.92 Å². The van der Waals surface area contributed by atoms with Crippen LogP contribution in [0.25, 0.3) is 0 Å². The number of nitrogens with zero attached hydrogens (tertiary/aromatic N) is 3. The summed E-state index contributed by atoms with van der Waals surface area (Å²) in [6.07, 6.45) is 4.20. The lowest BCUT2D eigenvalue weighted by atomic mass is 10.1. The second-order valence-electron chi connectivity index (χ2n) is 4.10. The number of nitrogens with one attached hydrogen (secondary N) is 1. The molecule has 0 amide bonds. The van der Waals surface area contributed by atoms with E-state index in [1.807, 2.05) is 14.0 Å². The van der Waals surface area contributed by atoms with Gasteiger partial charge in [-0.25, -0.2) is 4.98 Å². The van der Waals surface area contributed by atoms with Crippen molar-refractivity contribution in [1.29, 1.82) is 0 Å². The van der Waals surface area contributed by atoms with Gasteiger partial charge in [-0.2, -0.15) is 5.10 Å². The quantitative estimate of drug-likeness (QED) is 0.854. The van der Waals surface area contributed by atoms with Crippen LogP contribution in [0.15, 0.2) is 23.1 Å².